The highest BCUT2D eigenvalue weighted by atomic mass is 32.1. The molecular formula is C13H13NOS. The van der Waals surface area contributed by atoms with Crippen LogP contribution in [0.4, 0.5) is 0 Å². The quantitative estimate of drug-likeness (QED) is 0.864. The second kappa shape index (κ2) is 4.94. The van der Waals surface area contributed by atoms with Gasteiger partial charge in [0.25, 0.3) is 5.91 Å². The summed E-state index contributed by atoms with van der Waals surface area (Å²) in [4.78, 5) is 11.7. The van der Waals surface area contributed by atoms with Gasteiger partial charge in [0.2, 0.25) is 0 Å². The zero-order valence-corrected chi connectivity index (χ0v) is 9.88. The molecule has 3 heteroatoms. The number of thiophene rings is 1. The van der Waals surface area contributed by atoms with Gasteiger partial charge in [-0.3, -0.25) is 4.79 Å². The van der Waals surface area contributed by atoms with Gasteiger partial charge in [0, 0.05) is 17.5 Å². The van der Waals surface area contributed by atoms with Crippen molar-refractivity contribution < 1.29 is 4.79 Å². The molecule has 1 aromatic carbocycles. The Bertz CT molecular complexity index is 476. The molecule has 1 heterocycles. The van der Waals surface area contributed by atoms with E-state index in [1.807, 2.05) is 41.9 Å². The highest BCUT2D eigenvalue weighted by Gasteiger charge is 2.04. The van der Waals surface area contributed by atoms with Crippen molar-refractivity contribution in [2.24, 2.45) is 0 Å². The van der Waals surface area contributed by atoms with Crippen LogP contribution in [-0.2, 0) is 6.54 Å². The molecule has 0 unspecified atom stereocenters. The summed E-state index contributed by atoms with van der Waals surface area (Å²) in [6.45, 7) is 2.63. The van der Waals surface area contributed by atoms with E-state index in [4.69, 9.17) is 0 Å². The van der Waals surface area contributed by atoms with Crippen molar-refractivity contribution in [2.45, 2.75) is 13.5 Å². The van der Waals surface area contributed by atoms with Gasteiger partial charge in [-0.05, 0) is 23.9 Å². The summed E-state index contributed by atoms with van der Waals surface area (Å²) < 4.78 is 0. The van der Waals surface area contributed by atoms with E-state index in [1.165, 1.54) is 16.9 Å². The van der Waals surface area contributed by atoms with Gasteiger partial charge in [0.1, 0.15) is 0 Å². The summed E-state index contributed by atoms with van der Waals surface area (Å²) in [6.07, 6.45) is 0. The largest absolute Gasteiger partial charge is 0.348 e. The fraction of sp³-hybridized carbons (Fsp3) is 0.154. The maximum atomic E-state index is 11.7. The number of rotatable bonds is 3. The van der Waals surface area contributed by atoms with E-state index in [1.54, 1.807) is 0 Å². The van der Waals surface area contributed by atoms with Crippen LogP contribution in [-0.4, -0.2) is 5.91 Å². The lowest BCUT2D eigenvalue weighted by Gasteiger charge is -2.04. The summed E-state index contributed by atoms with van der Waals surface area (Å²) in [7, 11) is 0. The minimum atomic E-state index is -0.0113. The molecule has 0 saturated heterocycles. The molecule has 0 spiro atoms. The third-order valence-electron chi connectivity index (χ3n) is 2.32. The number of amides is 1. The highest BCUT2D eigenvalue weighted by Crippen LogP contribution is 2.07. The zero-order chi connectivity index (χ0) is 11.4. The van der Waals surface area contributed by atoms with Crippen LogP contribution >= 0.6 is 11.3 Å². The van der Waals surface area contributed by atoms with Gasteiger partial charge >= 0.3 is 0 Å². The van der Waals surface area contributed by atoms with Crippen molar-refractivity contribution in [1.82, 2.24) is 5.32 Å². The fourth-order valence-corrected chi connectivity index (χ4v) is 2.14. The number of hydrogen-bond donors (Lipinski definition) is 1. The van der Waals surface area contributed by atoms with Gasteiger partial charge in [-0.1, -0.05) is 29.8 Å². The molecule has 0 aliphatic rings. The van der Waals surface area contributed by atoms with Crippen molar-refractivity contribution >= 4 is 17.2 Å². The normalized spacial score (nSPS) is 10.1. The standard InChI is InChI=1S/C13H13NOS/c1-10-3-2-4-11(7-10)8-14-13(15)12-5-6-16-9-12/h2-7,9H,8H2,1H3,(H,14,15). The Hall–Kier alpha value is -1.61. The van der Waals surface area contributed by atoms with Gasteiger partial charge in [0.05, 0.1) is 0 Å². The van der Waals surface area contributed by atoms with E-state index < -0.39 is 0 Å². The number of carbonyl (C=O) groups excluding carboxylic acids is 1. The van der Waals surface area contributed by atoms with Crippen LogP contribution in [0.3, 0.4) is 0 Å². The van der Waals surface area contributed by atoms with Crippen molar-refractivity contribution in [2.75, 3.05) is 0 Å². The Morgan fingerprint density at radius 1 is 1.38 bits per heavy atom. The Kier molecular flexibility index (Phi) is 3.37. The van der Waals surface area contributed by atoms with Crippen molar-refractivity contribution in [3.63, 3.8) is 0 Å². The molecule has 1 aromatic heterocycles. The SMILES string of the molecule is Cc1cccc(CNC(=O)c2ccsc2)c1. The first kappa shape index (κ1) is 10.9. The van der Waals surface area contributed by atoms with E-state index in [0.29, 0.717) is 6.54 Å². The molecular weight excluding hydrogens is 218 g/mol. The third kappa shape index (κ3) is 2.70. The van der Waals surface area contributed by atoms with Crippen molar-refractivity contribution in [3.8, 4) is 0 Å². The minimum absolute atomic E-state index is 0.0113. The molecule has 0 radical (unpaired) electrons. The predicted molar refractivity (Wildman–Crippen MR) is 66.7 cm³/mol. The first-order valence-corrected chi connectivity index (χ1v) is 6.06. The van der Waals surface area contributed by atoms with E-state index >= 15 is 0 Å². The van der Waals surface area contributed by atoms with Crippen LogP contribution in [0.25, 0.3) is 0 Å². The average molecular weight is 231 g/mol. The molecule has 0 aliphatic carbocycles. The summed E-state index contributed by atoms with van der Waals surface area (Å²) in [5.74, 6) is -0.0113. The second-order valence-electron chi connectivity index (χ2n) is 3.68. The summed E-state index contributed by atoms with van der Waals surface area (Å²) in [5.41, 5.74) is 3.07. The van der Waals surface area contributed by atoms with Crippen LogP contribution in [0.1, 0.15) is 21.5 Å². The monoisotopic (exact) mass is 231 g/mol. The maximum Gasteiger partial charge on any atom is 0.252 e. The van der Waals surface area contributed by atoms with Crippen LogP contribution in [0.5, 0.6) is 0 Å². The lowest BCUT2D eigenvalue weighted by atomic mass is 10.1. The lowest BCUT2D eigenvalue weighted by molar-refractivity contribution is 0.0951. The number of benzene rings is 1. The molecule has 1 amide bonds. The molecule has 1 N–H and O–H groups in total. The van der Waals surface area contributed by atoms with Gasteiger partial charge in [-0.2, -0.15) is 11.3 Å². The molecule has 2 nitrogen and oxygen atoms in total. The molecule has 0 aliphatic heterocycles. The Morgan fingerprint density at radius 3 is 2.94 bits per heavy atom. The molecule has 0 saturated carbocycles. The number of nitrogens with one attached hydrogen (secondary N) is 1. The summed E-state index contributed by atoms with van der Waals surface area (Å²) in [6, 6.07) is 9.97. The Morgan fingerprint density at radius 2 is 2.25 bits per heavy atom. The van der Waals surface area contributed by atoms with Gasteiger partial charge in [0.15, 0.2) is 0 Å². The van der Waals surface area contributed by atoms with Crippen LogP contribution in [0.15, 0.2) is 41.1 Å². The zero-order valence-electron chi connectivity index (χ0n) is 9.07. The molecule has 0 bridgehead atoms. The molecule has 82 valence electrons. The van der Waals surface area contributed by atoms with E-state index in [9.17, 15) is 4.79 Å². The summed E-state index contributed by atoms with van der Waals surface area (Å²) in [5, 5.41) is 6.65. The Balaban J connectivity index is 1.95. The van der Waals surface area contributed by atoms with E-state index in [2.05, 4.69) is 11.4 Å². The predicted octanol–water partition coefficient (Wildman–Crippen LogP) is 2.99. The number of carbonyl (C=O) groups is 1. The summed E-state index contributed by atoms with van der Waals surface area (Å²) >= 11 is 1.53. The second-order valence-corrected chi connectivity index (χ2v) is 4.46. The highest BCUT2D eigenvalue weighted by molar-refractivity contribution is 7.08. The topological polar surface area (TPSA) is 29.1 Å². The van der Waals surface area contributed by atoms with Gasteiger partial charge in [-0.25, -0.2) is 0 Å². The maximum absolute atomic E-state index is 11.7. The van der Waals surface area contributed by atoms with Crippen LogP contribution in [0, 0.1) is 6.92 Å². The van der Waals surface area contributed by atoms with Gasteiger partial charge < -0.3 is 5.32 Å². The smallest absolute Gasteiger partial charge is 0.252 e. The van der Waals surface area contributed by atoms with E-state index in [-0.39, 0.29) is 5.91 Å². The first-order chi connectivity index (χ1) is 7.75. The molecule has 16 heavy (non-hydrogen) atoms. The first-order valence-electron chi connectivity index (χ1n) is 5.11. The molecule has 0 fully saturated rings. The number of hydrogen-bond acceptors (Lipinski definition) is 2. The third-order valence-corrected chi connectivity index (χ3v) is 3.00. The Labute approximate surface area is 98.9 Å². The van der Waals surface area contributed by atoms with Crippen molar-refractivity contribution in [1.29, 1.82) is 0 Å². The molecule has 2 rings (SSSR count). The molecule has 0 atom stereocenters. The van der Waals surface area contributed by atoms with Crippen molar-refractivity contribution in [3.05, 3.63) is 57.8 Å². The van der Waals surface area contributed by atoms with Crippen LogP contribution in [0.2, 0.25) is 0 Å². The average Bonchev–Trinajstić information content (AvgIpc) is 2.79. The lowest BCUT2D eigenvalue weighted by Crippen LogP contribution is -2.22. The molecule has 2 aromatic rings. The minimum Gasteiger partial charge on any atom is -0.348 e. The van der Waals surface area contributed by atoms with Crippen LogP contribution < -0.4 is 5.32 Å². The van der Waals surface area contributed by atoms with Gasteiger partial charge in [-0.15, -0.1) is 0 Å². The number of aryl methyl sites for hydroxylation is 1. The van der Waals surface area contributed by atoms with E-state index in [0.717, 1.165) is 11.1 Å². The fourth-order valence-electron chi connectivity index (χ4n) is 1.50.